The van der Waals surface area contributed by atoms with Gasteiger partial charge in [0.15, 0.2) is 0 Å². The molecule has 0 saturated heterocycles. The van der Waals surface area contributed by atoms with Crippen molar-refractivity contribution in [2.45, 2.75) is 26.4 Å². The van der Waals surface area contributed by atoms with E-state index in [4.69, 9.17) is 9.15 Å². The number of aromatic nitrogens is 2. The number of pyridine rings is 1. The quantitative estimate of drug-likeness (QED) is 0.722. The van der Waals surface area contributed by atoms with E-state index in [2.05, 4.69) is 15.6 Å². The zero-order valence-electron chi connectivity index (χ0n) is 14.6. The Kier molecular flexibility index (Phi) is 5.04. The highest BCUT2D eigenvalue weighted by Gasteiger charge is 2.18. The summed E-state index contributed by atoms with van der Waals surface area (Å²) < 4.78 is 12.7. The first-order chi connectivity index (χ1) is 12.1. The normalized spacial score (nSPS) is 12.3. The fourth-order valence-electron chi connectivity index (χ4n) is 2.67. The number of nitrogens with zero attached hydrogens (tertiary/aromatic N) is 2. The van der Waals surface area contributed by atoms with Crippen LogP contribution in [0.3, 0.4) is 0 Å². The standard InChI is InChI=1S/C18H22N4O3/c1-12-5-4-6-17-20-14(10-22(12)17)9-19-18(23)21-15(11-24-3)16-8-7-13(2)25-16/h4-8,10,15H,9,11H2,1-3H3,(H2,19,21,23)/t15-/m0/s1. The van der Waals surface area contributed by atoms with Crippen molar-refractivity contribution >= 4 is 11.7 Å². The van der Waals surface area contributed by atoms with Crippen molar-refractivity contribution in [3.63, 3.8) is 0 Å². The summed E-state index contributed by atoms with van der Waals surface area (Å²) >= 11 is 0. The number of hydrogen-bond donors (Lipinski definition) is 2. The topological polar surface area (TPSA) is 80.8 Å². The number of furan rings is 1. The molecule has 0 aliphatic carbocycles. The van der Waals surface area contributed by atoms with Crippen molar-refractivity contribution in [3.8, 4) is 0 Å². The van der Waals surface area contributed by atoms with Crippen LogP contribution in [0.15, 0.2) is 40.9 Å². The average molecular weight is 342 g/mol. The van der Waals surface area contributed by atoms with Gasteiger partial charge in [-0.15, -0.1) is 0 Å². The predicted octanol–water partition coefficient (Wildman–Crippen LogP) is 2.73. The van der Waals surface area contributed by atoms with E-state index in [0.29, 0.717) is 18.9 Å². The molecule has 3 aromatic rings. The minimum absolute atomic E-state index is 0.301. The van der Waals surface area contributed by atoms with Gasteiger partial charge in [-0.3, -0.25) is 0 Å². The van der Waals surface area contributed by atoms with Gasteiger partial charge < -0.3 is 24.2 Å². The lowest BCUT2D eigenvalue weighted by Crippen LogP contribution is -2.39. The molecule has 3 rings (SSSR count). The summed E-state index contributed by atoms with van der Waals surface area (Å²) in [5.74, 6) is 1.45. The van der Waals surface area contributed by atoms with Gasteiger partial charge in [0.25, 0.3) is 0 Å². The van der Waals surface area contributed by atoms with Crippen molar-refractivity contribution in [3.05, 3.63) is 59.4 Å². The van der Waals surface area contributed by atoms with Crippen LogP contribution in [0.4, 0.5) is 4.79 Å². The van der Waals surface area contributed by atoms with Crippen LogP contribution in [0.2, 0.25) is 0 Å². The fourth-order valence-corrected chi connectivity index (χ4v) is 2.67. The molecule has 2 N–H and O–H groups in total. The van der Waals surface area contributed by atoms with Gasteiger partial charge in [0.2, 0.25) is 0 Å². The number of carbonyl (C=O) groups excluding carboxylic acids is 1. The molecule has 0 aromatic carbocycles. The zero-order chi connectivity index (χ0) is 17.8. The van der Waals surface area contributed by atoms with E-state index in [1.807, 2.05) is 54.8 Å². The molecule has 3 heterocycles. The number of aryl methyl sites for hydroxylation is 2. The summed E-state index contributed by atoms with van der Waals surface area (Å²) in [5.41, 5.74) is 2.75. The Morgan fingerprint density at radius 3 is 2.84 bits per heavy atom. The van der Waals surface area contributed by atoms with Gasteiger partial charge in [0.05, 0.1) is 18.8 Å². The van der Waals surface area contributed by atoms with Gasteiger partial charge >= 0.3 is 6.03 Å². The third kappa shape index (κ3) is 4.00. The third-order valence-electron chi connectivity index (χ3n) is 3.92. The first kappa shape index (κ1) is 17.0. The lowest BCUT2D eigenvalue weighted by atomic mass is 10.2. The Morgan fingerprint density at radius 1 is 1.32 bits per heavy atom. The molecule has 0 fully saturated rings. The van der Waals surface area contributed by atoms with Crippen molar-refractivity contribution in [1.82, 2.24) is 20.0 Å². The maximum absolute atomic E-state index is 12.2. The van der Waals surface area contributed by atoms with E-state index in [-0.39, 0.29) is 12.1 Å². The van der Waals surface area contributed by atoms with Gasteiger partial charge in [0.1, 0.15) is 23.2 Å². The van der Waals surface area contributed by atoms with Crippen LogP contribution in [0.25, 0.3) is 5.65 Å². The number of ether oxygens (including phenoxy) is 1. The molecule has 3 aromatic heterocycles. The fraction of sp³-hybridized carbons (Fsp3) is 0.333. The summed E-state index contributed by atoms with van der Waals surface area (Å²) in [5, 5.41) is 5.68. The second kappa shape index (κ2) is 7.40. The molecule has 0 spiro atoms. The Bertz CT molecular complexity index is 868. The summed E-state index contributed by atoms with van der Waals surface area (Å²) in [6.07, 6.45) is 1.92. The molecule has 0 aliphatic rings. The second-order valence-corrected chi connectivity index (χ2v) is 5.91. The molecule has 2 amide bonds. The van der Waals surface area contributed by atoms with Gasteiger partial charge in [0, 0.05) is 19.0 Å². The van der Waals surface area contributed by atoms with E-state index < -0.39 is 0 Å². The average Bonchev–Trinajstić information content (AvgIpc) is 3.19. The maximum Gasteiger partial charge on any atom is 0.315 e. The van der Waals surface area contributed by atoms with Crippen LogP contribution in [0.1, 0.15) is 29.0 Å². The number of methoxy groups -OCH3 is 1. The van der Waals surface area contributed by atoms with Crippen molar-refractivity contribution in [1.29, 1.82) is 0 Å². The van der Waals surface area contributed by atoms with Crippen LogP contribution < -0.4 is 10.6 Å². The summed E-state index contributed by atoms with van der Waals surface area (Å²) in [7, 11) is 1.58. The Labute approximate surface area is 146 Å². The van der Waals surface area contributed by atoms with Crippen LogP contribution in [0, 0.1) is 13.8 Å². The molecule has 1 atom stereocenters. The van der Waals surface area contributed by atoms with Gasteiger partial charge in [-0.1, -0.05) is 6.07 Å². The number of hydrogen-bond acceptors (Lipinski definition) is 4. The largest absolute Gasteiger partial charge is 0.464 e. The van der Waals surface area contributed by atoms with E-state index in [9.17, 15) is 4.79 Å². The smallest absolute Gasteiger partial charge is 0.315 e. The Balaban J connectivity index is 1.61. The number of carbonyl (C=O) groups is 1. The van der Waals surface area contributed by atoms with Crippen LogP contribution >= 0.6 is 0 Å². The zero-order valence-corrected chi connectivity index (χ0v) is 14.6. The van der Waals surface area contributed by atoms with Crippen molar-refractivity contribution in [2.75, 3.05) is 13.7 Å². The minimum atomic E-state index is -0.345. The number of amides is 2. The molecule has 0 unspecified atom stereocenters. The number of nitrogens with one attached hydrogen (secondary N) is 2. The van der Waals surface area contributed by atoms with Crippen LogP contribution in [0.5, 0.6) is 0 Å². The number of fused-ring (bicyclic) bond motifs is 1. The van der Waals surface area contributed by atoms with E-state index in [0.717, 1.165) is 22.8 Å². The highest BCUT2D eigenvalue weighted by molar-refractivity contribution is 5.74. The Morgan fingerprint density at radius 2 is 2.16 bits per heavy atom. The predicted molar refractivity (Wildman–Crippen MR) is 93.4 cm³/mol. The van der Waals surface area contributed by atoms with Crippen LogP contribution in [-0.2, 0) is 11.3 Å². The molecule has 0 radical (unpaired) electrons. The highest BCUT2D eigenvalue weighted by Crippen LogP contribution is 2.16. The number of rotatable bonds is 6. The van der Waals surface area contributed by atoms with E-state index in [1.165, 1.54) is 0 Å². The third-order valence-corrected chi connectivity index (χ3v) is 3.92. The first-order valence-electron chi connectivity index (χ1n) is 8.10. The van der Waals surface area contributed by atoms with Crippen LogP contribution in [-0.4, -0.2) is 29.1 Å². The molecular weight excluding hydrogens is 320 g/mol. The Hall–Kier alpha value is -2.80. The molecule has 7 heteroatoms. The first-order valence-corrected chi connectivity index (χ1v) is 8.10. The monoisotopic (exact) mass is 342 g/mol. The van der Waals surface area contributed by atoms with E-state index >= 15 is 0 Å². The summed E-state index contributed by atoms with van der Waals surface area (Å²) in [6, 6.07) is 8.96. The molecule has 0 aliphatic heterocycles. The second-order valence-electron chi connectivity index (χ2n) is 5.91. The molecular formula is C18H22N4O3. The number of urea groups is 1. The van der Waals surface area contributed by atoms with Gasteiger partial charge in [-0.25, -0.2) is 9.78 Å². The number of imidazole rings is 1. The van der Waals surface area contributed by atoms with Gasteiger partial charge in [-0.05, 0) is 38.1 Å². The molecule has 0 saturated carbocycles. The lowest BCUT2D eigenvalue weighted by molar-refractivity contribution is 0.156. The van der Waals surface area contributed by atoms with Crippen molar-refractivity contribution < 1.29 is 13.9 Å². The minimum Gasteiger partial charge on any atom is -0.464 e. The van der Waals surface area contributed by atoms with Crippen molar-refractivity contribution in [2.24, 2.45) is 0 Å². The molecule has 132 valence electrons. The SMILES string of the molecule is COC[C@H](NC(=O)NCc1cn2c(C)cccc2n1)c1ccc(C)o1. The molecule has 0 bridgehead atoms. The highest BCUT2D eigenvalue weighted by atomic mass is 16.5. The summed E-state index contributed by atoms with van der Waals surface area (Å²) in [6.45, 7) is 4.54. The molecule has 25 heavy (non-hydrogen) atoms. The lowest BCUT2D eigenvalue weighted by Gasteiger charge is -2.16. The summed E-state index contributed by atoms with van der Waals surface area (Å²) in [4.78, 5) is 16.7. The maximum atomic E-state index is 12.2. The molecule has 7 nitrogen and oxygen atoms in total. The van der Waals surface area contributed by atoms with Gasteiger partial charge in [-0.2, -0.15) is 0 Å². The van der Waals surface area contributed by atoms with E-state index in [1.54, 1.807) is 7.11 Å².